The average molecular weight is 419 g/mol. The molecule has 1 N–H and O–H groups in total. The van der Waals surface area contributed by atoms with Crippen LogP contribution in [0.25, 0.3) is 11.0 Å². The van der Waals surface area contributed by atoms with Crippen molar-refractivity contribution in [1.29, 1.82) is 0 Å². The number of pyridine rings is 1. The van der Waals surface area contributed by atoms with Crippen LogP contribution >= 0.6 is 15.9 Å². The Morgan fingerprint density at radius 3 is 2.92 bits per heavy atom. The Morgan fingerprint density at radius 1 is 1.35 bits per heavy atom. The zero-order chi connectivity index (χ0) is 18.1. The Bertz CT molecular complexity index is 922. The fraction of sp³-hybridized carbons (Fsp3) is 0.389. The first-order valence-corrected chi connectivity index (χ1v) is 9.28. The van der Waals surface area contributed by atoms with E-state index >= 15 is 0 Å². The molecule has 26 heavy (non-hydrogen) atoms. The van der Waals surface area contributed by atoms with E-state index in [0.717, 1.165) is 28.0 Å². The molecule has 2 heterocycles. The van der Waals surface area contributed by atoms with Gasteiger partial charge in [-0.1, -0.05) is 5.21 Å². The Morgan fingerprint density at radius 2 is 2.19 bits per heavy atom. The van der Waals surface area contributed by atoms with Gasteiger partial charge in [0.15, 0.2) is 0 Å². The van der Waals surface area contributed by atoms with Crippen LogP contribution in [-0.2, 0) is 11.3 Å². The molecule has 0 spiro atoms. The number of aromatic nitrogens is 4. The van der Waals surface area contributed by atoms with Crippen molar-refractivity contribution in [1.82, 2.24) is 20.0 Å². The maximum atomic E-state index is 9.51. The molecular weight excluding hydrogens is 400 g/mol. The summed E-state index contributed by atoms with van der Waals surface area (Å²) in [6.07, 6.45) is 3.66. The number of hydrogen-bond donors (Lipinski definition) is 1. The standard InChI is InChI=1S/C18H19BrN4O3/c1-25-15(10-24)12-3-2-8-20-18(12)26-14-7-6-13-17(16(14)19)21-22-23(13)9-11-4-5-11/h2-3,6-8,11,15,24H,4-5,9-10H2,1H3. The Balaban J connectivity index is 1.67. The quantitative estimate of drug-likeness (QED) is 0.632. The maximum absolute atomic E-state index is 9.51. The van der Waals surface area contributed by atoms with E-state index in [4.69, 9.17) is 9.47 Å². The van der Waals surface area contributed by atoms with Gasteiger partial charge in [0.25, 0.3) is 0 Å². The number of ether oxygens (including phenoxy) is 2. The summed E-state index contributed by atoms with van der Waals surface area (Å²) in [5.74, 6) is 1.69. The van der Waals surface area contributed by atoms with Crippen molar-refractivity contribution in [2.75, 3.05) is 13.7 Å². The van der Waals surface area contributed by atoms with E-state index in [2.05, 4.69) is 31.2 Å². The minimum absolute atomic E-state index is 0.158. The minimum atomic E-state index is -0.499. The lowest BCUT2D eigenvalue weighted by Gasteiger charge is -2.16. The molecule has 0 aliphatic heterocycles. The number of aliphatic hydroxyl groups excluding tert-OH is 1. The van der Waals surface area contributed by atoms with Crippen LogP contribution in [0.1, 0.15) is 24.5 Å². The van der Waals surface area contributed by atoms with E-state index < -0.39 is 6.10 Å². The first kappa shape index (κ1) is 17.4. The molecule has 0 bridgehead atoms. The second-order valence-electron chi connectivity index (χ2n) is 6.37. The largest absolute Gasteiger partial charge is 0.437 e. The van der Waals surface area contributed by atoms with Gasteiger partial charge in [0, 0.05) is 25.4 Å². The van der Waals surface area contributed by atoms with E-state index in [0.29, 0.717) is 17.2 Å². The summed E-state index contributed by atoms with van der Waals surface area (Å²) in [6.45, 7) is 0.744. The van der Waals surface area contributed by atoms with Crippen molar-refractivity contribution in [3.05, 3.63) is 40.5 Å². The van der Waals surface area contributed by atoms with Crippen molar-refractivity contribution in [2.24, 2.45) is 5.92 Å². The molecule has 0 amide bonds. The third kappa shape index (κ3) is 3.32. The first-order chi connectivity index (χ1) is 12.7. The molecule has 0 radical (unpaired) electrons. The summed E-state index contributed by atoms with van der Waals surface area (Å²) in [6, 6.07) is 7.44. The summed E-state index contributed by atoms with van der Waals surface area (Å²) in [4.78, 5) is 4.29. The molecular formula is C18H19BrN4O3. The maximum Gasteiger partial charge on any atom is 0.225 e. The number of hydrogen-bond acceptors (Lipinski definition) is 6. The summed E-state index contributed by atoms with van der Waals surface area (Å²) in [5, 5.41) is 18.1. The highest BCUT2D eigenvalue weighted by Gasteiger charge is 2.24. The molecule has 1 aliphatic carbocycles. The van der Waals surface area contributed by atoms with Crippen LogP contribution in [0.4, 0.5) is 0 Å². The molecule has 2 aromatic heterocycles. The van der Waals surface area contributed by atoms with Crippen LogP contribution < -0.4 is 4.74 Å². The van der Waals surface area contributed by atoms with Crippen molar-refractivity contribution < 1.29 is 14.6 Å². The van der Waals surface area contributed by atoms with Crippen LogP contribution in [0.2, 0.25) is 0 Å². The molecule has 8 heteroatoms. The molecule has 1 atom stereocenters. The predicted octanol–water partition coefficient (Wildman–Crippen LogP) is 3.47. The molecule has 0 saturated heterocycles. The summed E-state index contributed by atoms with van der Waals surface area (Å²) >= 11 is 3.58. The second kappa shape index (κ2) is 7.30. The van der Waals surface area contributed by atoms with Crippen molar-refractivity contribution in [3.8, 4) is 11.6 Å². The smallest absolute Gasteiger partial charge is 0.225 e. The van der Waals surface area contributed by atoms with E-state index in [1.807, 2.05) is 22.9 Å². The molecule has 1 fully saturated rings. The molecule has 7 nitrogen and oxygen atoms in total. The molecule has 3 aromatic rings. The Kier molecular flexibility index (Phi) is 4.88. The fourth-order valence-corrected chi connectivity index (χ4v) is 3.38. The number of aliphatic hydroxyl groups is 1. The molecule has 1 saturated carbocycles. The molecule has 136 valence electrons. The lowest BCUT2D eigenvalue weighted by molar-refractivity contribution is 0.0466. The third-order valence-electron chi connectivity index (χ3n) is 4.52. The fourth-order valence-electron chi connectivity index (χ4n) is 2.88. The van der Waals surface area contributed by atoms with Gasteiger partial charge in [-0.2, -0.15) is 0 Å². The lowest BCUT2D eigenvalue weighted by Crippen LogP contribution is -2.08. The predicted molar refractivity (Wildman–Crippen MR) is 99.1 cm³/mol. The van der Waals surface area contributed by atoms with Crippen LogP contribution in [0.3, 0.4) is 0 Å². The SMILES string of the molecule is COC(CO)c1cccnc1Oc1ccc2c(nnn2CC2CC2)c1Br. The molecule has 1 unspecified atom stereocenters. The highest BCUT2D eigenvalue weighted by Crippen LogP contribution is 2.37. The number of fused-ring (bicyclic) bond motifs is 1. The monoisotopic (exact) mass is 418 g/mol. The number of halogens is 1. The van der Waals surface area contributed by atoms with Gasteiger partial charge in [0.1, 0.15) is 17.4 Å². The summed E-state index contributed by atoms with van der Waals surface area (Å²) < 4.78 is 14.0. The zero-order valence-corrected chi connectivity index (χ0v) is 15.9. The van der Waals surface area contributed by atoms with Gasteiger partial charge in [-0.15, -0.1) is 5.10 Å². The van der Waals surface area contributed by atoms with Crippen molar-refractivity contribution in [3.63, 3.8) is 0 Å². The van der Waals surface area contributed by atoms with Gasteiger partial charge in [-0.05, 0) is 59.0 Å². The van der Waals surface area contributed by atoms with E-state index in [1.165, 1.54) is 20.0 Å². The summed E-state index contributed by atoms with van der Waals surface area (Å²) in [5.41, 5.74) is 2.41. The second-order valence-corrected chi connectivity index (χ2v) is 7.16. The van der Waals surface area contributed by atoms with E-state index in [9.17, 15) is 5.11 Å². The first-order valence-electron chi connectivity index (χ1n) is 8.49. The minimum Gasteiger partial charge on any atom is -0.437 e. The van der Waals surface area contributed by atoms with Crippen LogP contribution in [0.15, 0.2) is 34.9 Å². The van der Waals surface area contributed by atoms with Crippen LogP contribution in [0.5, 0.6) is 11.6 Å². The van der Waals surface area contributed by atoms with Crippen molar-refractivity contribution in [2.45, 2.75) is 25.5 Å². The normalized spacial score (nSPS) is 15.3. The zero-order valence-electron chi connectivity index (χ0n) is 14.3. The van der Waals surface area contributed by atoms with Crippen molar-refractivity contribution >= 4 is 27.0 Å². The molecule has 1 aromatic carbocycles. The number of methoxy groups -OCH3 is 1. The van der Waals surface area contributed by atoms with Crippen LogP contribution in [0, 0.1) is 5.92 Å². The van der Waals surface area contributed by atoms with E-state index in [1.54, 1.807) is 12.3 Å². The topological polar surface area (TPSA) is 82.3 Å². The van der Waals surface area contributed by atoms with Crippen LogP contribution in [-0.4, -0.2) is 38.8 Å². The average Bonchev–Trinajstić information content (AvgIpc) is 3.38. The molecule has 4 rings (SSSR count). The van der Waals surface area contributed by atoms with Gasteiger partial charge in [0.05, 0.1) is 16.6 Å². The highest BCUT2D eigenvalue weighted by atomic mass is 79.9. The Labute approximate surface area is 159 Å². The summed E-state index contributed by atoms with van der Waals surface area (Å²) in [7, 11) is 1.54. The van der Waals surface area contributed by atoms with Gasteiger partial charge < -0.3 is 14.6 Å². The van der Waals surface area contributed by atoms with Gasteiger partial charge in [-0.25, -0.2) is 9.67 Å². The number of nitrogens with zero attached hydrogens (tertiary/aromatic N) is 4. The van der Waals surface area contributed by atoms with Gasteiger partial charge in [-0.3, -0.25) is 0 Å². The van der Waals surface area contributed by atoms with Gasteiger partial charge in [0.2, 0.25) is 5.88 Å². The lowest BCUT2D eigenvalue weighted by atomic mass is 10.1. The highest BCUT2D eigenvalue weighted by molar-refractivity contribution is 9.10. The van der Waals surface area contributed by atoms with E-state index in [-0.39, 0.29) is 6.61 Å². The van der Waals surface area contributed by atoms with Gasteiger partial charge >= 0.3 is 0 Å². The molecule has 1 aliphatic rings. The number of benzene rings is 1. The third-order valence-corrected chi connectivity index (χ3v) is 5.29. The Hall–Kier alpha value is -2.03. The number of rotatable bonds is 7.